The molecule has 8 aromatic carbocycles. The molecule has 10 aromatic rings. The maximum atomic E-state index is 5.11. The predicted octanol–water partition coefficient (Wildman–Crippen LogP) is 13.4. The van der Waals surface area contributed by atoms with Gasteiger partial charge in [-0.2, -0.15) is 0 Å². The molecule has 10 rings (SSSR count). The molecule has 0 aliphatic heterocycles. The number of benzene rings is 8. The number of fused-ring (bicyclic) bond motifs is 8. The molecule has 0 aliphatic rings. The van der Waals surface area contributed by atoms with Gasteiger partial charge in [-0.1, -0.05) is 147 Å². The summed E-state index contributed by atoms with van der Waals surface area (Å²) < 4.78 is 2.22. The molecule has 0 saturated heterocycles. The van der Waals surface area contributed by atoms with Crippen LogP contribution in [0.2, 0.25) is 0 Å². The normalized spacial score (nSPS) is 11.7. The van der Waals surface area contributed by atoms with Crippen LogP contribution in [0.1, 0.15) is 11.3 Å². The van der Waals surface area contributed by atoms with Crippen LogP contribution in [0.5, 0.6) is 0 Å². The number of hydrogen-bond acceptors (Lipinski definition) is 1. The first-order valence-corrected chi connectivity index (χ1v) is 17.4. The van der Waals surface area contributed by atoms with Crippen molar-refractivity contribution in [1.82, 2.24) is 9.38 Å². The van der Waals surface area contributed by atoms with Crippen molar-refractivity contribution >= 4 is 71.9 Å². The highest BCUT2D eigenvalue weighted by Crippen LogP contribution is 2.44. The van der Waals surface area contributed by atoms with Crippen molar-refractivity contribution in [3.63, 3.8) is 0 Å². The summed E-state index contributed by atoms with van der Waals surface area (Å²) in [6.07, 6.45) is 3.84. The van der Waals surface area contributed by atoms with Crippen LogP contribution in [0.4, 0.5) is 0 Å². The van der Waals surface area contributed by atoms with E-state index in [-0.39, 0.29) is 0 Å². The first-order chi connectivity index (χ1) is 25.2. The second-order valence-corrected chi connectivity index (χ2v) is 13.2. The molecular weight excluding hydrogens is 617 g/mol. The van der Waals surface area contributed by atoms with E-state index in [1.165, 1.54) is 54.6 Å². The van der Waals surface area contributed by atoms with E-state index >= 15 is 0 Å². The lowest BCUT2D eigenvalue weighted by Crippen LogP contribution is -1.97. The third-order valence-electron chi connectivity index (χ3n) is 10.5. The monoisotopic (exact) mass is 648 g/mol. The molecule has 2 heterocycles. The van der Waals surface area contributed by atoms with Crippen molar-refractivity contribution in [2.24, 2.45) is 0 Å². The van der Waals surface area contributed by atoms with Crippen LogP contribution in [0.3, 0.4) is 0 Å². The van der Waals surface area contributed by atoms with E-state index in [4.69, 9.17) is 4.98 Å². The molecule has 2 heteroatoms. The van der Waals surface area contributed by atoms with Gasteiger partial charge in [0.25, 0.3) is 0 Å². The Morgan fingerprint density at radius 3 is 1.67 bits per heavy atom. The number of aromatic nitrogens is 2. The molecule has 0 radical (unpaired) electrons. The first-order valence-electron chi connectivity index (χ1n) is 17.4. The van der Waals surface area contributed by atoms with Gasteiger partial charge in [0.2, 0.25) is 0 Å². The average molecular weight is 649 g/mol. The van der Waals surface area contributed by atoms with Gasteiger partial charge in [-0.05, 0) is 107 Å². The molecular formula is C49H32N2. The highest BCUT2D eigenvalue weighted by atomic mass is 15.0. The molecule has 0 spiro atoms. The lowest BCUT2D eigenvalue weighted by Gasteiger charge is -2.18. The molecule has 0 unspecified atom stereocenters. The second kappa shape index (κ2) is 11.4. The number of hydrogen-bond donors (Lipinski definition) is 0. The van der Waals surface area contributed by atoms with Gasteiger partial charge in [0, 0.05) is 10.9 Å². The molecule has 0 N–H and O–H groups in total. The van der Waals surface area contributed by atoms with E-state index in [0.717, 1.165) is 49.8 Å². The lowest BCUT2D eigenvalue weighted by atomic mass is 9.85. The highest BCUT2D eigenvalue weighted by Gasteiger charge is 2.18. The Labute approximate surface area is 295 Å². The largest absolute Gasteiger partial charge is 0.292 e. The third-order valence-corrected chi connectivity index (χ3v) is 10.5. The third kappa shape index (κ3) is 4.40. The van der Waals surface area contributed by atoms with E-state index in [1.807, 2.05) is 18.2 Å². The van der Waals surface area contributed by atoms with Crippen LogP contribution in [-0.2, 0) is 0 Å². The minimum atomic E-state index is 0.925. The van der Waals surface area contributed by atoms with Gasteiger partial charge in [-0.3, -0.25) is 4.40 Å². The van der Waals surface area contributed by atoms with E-state index in [9.17, 15) is 0 Å². The molecule has 2 aromatic heterocycles. The van der Waals surface area contributed by atoms with E-state index in [1.54, 1.807) is 0 Å². The summed E-state index contributed by atoms with van der Waals surface area (Å²) in [7, 11) is 0. The van der Waals surface area contributed by atoms with E-state index < -0.39 is 0 Å². The van der Waals surface area contributed by atoms with E-state index in [0.29, 0.717) is 0 Å². The second-order valence-electron chi connectivity index (χ2n) is 13.2. The Morgan fingerprint density at radius 2 is 1.00 bits per heavy atom. The SMILES string of the molecule is C=Cc1c(C=C)n2c3ccccc3nc2c2cc(-c3ccc(-c4c5ccccc5cc5c(-c6ccccc6)c6ccccc6cc45)cc3)ccc12. The minimum Gasteiger partial charge on any atom is -0.292 e. The molecule has 238 valence electrons. The number of pyridine rings is 1. The van der Waals surface area contributed by atoms with Crippen molar-refractivity contribution < 1.29 is 0 Å². The summed E-state index contributed by atoms with van der Waals surface area (Å²) >= 11 is 0. The highest BCUT2D eigenvalue weighted by molar-refractivity contribution is 6.22. The van der Waals surface area contributed by atoms with Crippen molar-refractivity contribution in [3.05, 3.63) is 182 Å². The molecule has 51 heavy (non-hydrogen) atoms. The van der Waals surface area contributed by atoms with E-state index in [2.05, 4.69) is 169 Å². The topological polar surface area (TPSA) is 17.3 Å². The lowest BCUT2D eigenvalue weighted by molar-refractivity contribution is 1.21. The van der Waals surface area contributed by atoms with Gasteiger partial charge in [0.15, 0.2) is 0 Å². The van der Waals surface area contributed by atoms with Crippen LogP contribution in [-0.4, -0.2) is 9.38 Å². The number of nitrogens with zero attached hydrogens (tertiary/aromatic N) is 2. The zero-order valence-electron chi connectivity index (χ0n) is 28.0. The van der Waals surface area contributed by atoms with Crippen molar-refractivity contribution in [3.8, 4) is 33.4 Å². The van der Waals surface area contributed by atoms with Gasteiger partial charge in [0.1, 0.15) is 5.65 Å². The number of para-hydroxylation sites is 2. The van der Waals surface area contributed by atoms with Crippen LogP contribution < -0.4 is 0 Å². The summed E-state index contributed by atoms with van der Waals surface area (Å²) in [6, 6.07) is 57.2. The summed E-state index contributed by atoms with van der Waals surface area (Å²) in [5.74, 6) is 0. The minimum absolute atomic E-state index is 0.925. The molecule has 0 atom stereocenters. The van der Waals surface area contributed by atoms with Crippen LogP contribution >= 0.6 is 0 Å². The Bertz CT molecular complexity index is 3040. The van der Waals surface area contributed by atoms with Gasteiger partial charge >= 0.3 is 0 Å². The quantitative estimate of drug-likeness (QED) is 0.170. The molecule has 0 bridgehead atoms. The number of imidazole rings is 1. The Morgan fingerprint density at radius 1 is 0.431 bits per heavy atom. The maximum Gasteiger partial charge on any atom is 0.146 e. The van der Waals surface area contributed by atoms with Crippen LogP contribution in [0, 0.1) is 0 Å². The first kappa shape index (κ1) is 29.2. The van der Waals surface area contributed by atoms with Crippen molar-refractivity contribution in [2.75, 3.05) is 0 Å². The summed E-state index contributed by atoms with van der Waals surface area (Å²) in [6.45, 7) is 8.34. The predicted molar refractivity (Wildman–Crippen MR) is 219 cm³/mol. The zero-order chi connectivity index (χ0) is 34.1. The molecule has 2 nitrogen and oxygen atoms in total. The molecule has 0 aliphatic carbocycles. The zero-order valence-corrected chi connectivity index (χ0v) is 28.0. The van der Waals surface area contributed by atoms with Gasteiger partial charge < -0.3 is 0 Å². The fraction of sp³-hybridized carbons (Fsp3) is 0. The van der Waals surface area contributed by atoms with Gasteiger partial charge in [-0.15, -0.1) is 0 Å². The molecule has 0 amide bonds. The summed E-state index contributed by atoms with van der Waals surface area (Å²) in [5.41, 5.74) is 12.3. The molecule has 0 saturated carbocycles. The van der Waals surface area contributed by atoms with Crippen LogP contribution in [0.25, 0.3) is 105 Å². The Hall–Kier alpha value is -6.77. The summed E-state index contributed by atoms with van der Waals surface area (Å²) in [4.78, 5) is 5.11. The average Bonchev–Trinajstić information content (AvgIpc) is 3.58. The fourth-order valence-corrected chi connectivity index (χ4v) is 8.20. The van der Waals surface area contributed by atoms with Gasteiger partial charge in [0.05, 0.1) is 16.7 Å². The Balaban J connectivity index is 1.19. The van der Waals surface area contributed by atoms with Crippen molar-refractivity contribution in [1.29, 1.82) is 0 Å². The van der Waals surface area contributed by atoms with Crippen LogP contribution in [0.15, 0.2) is 171 Å². The summed E-state index contributed by atoms with van der Waals surface area (Å²) in [5, 5.41) is 9.72. The smallest absolute Gasteiger partial charge is 0.146 e. The Kier molecular flexibility index (Phi) is 6.52. The number of rotatable bonds is 5. The van der Waals surface area contributed by atoms with Gasteiger partial charge in [-0.25, -0.2) is 4.98 Å². The maximum absolute atomic E-state index is 5.11. The fourth-order valence-electron chi connectivity index (χ4n) is 8.20. The standard InChI is InChI=1S/C49H32N2/c1-3-37-40-27-26-34(28-43(40)49-50-44-20-12-13-21-46(44)51(49)45(37)4-2)31-22-24-33(25-23-31)48-39-19-11-9-17-36(39)29-41-42(48)30-35-16-8-10-18-38(35)47(41)32-14-6-5-7-15-32/h3-30H,1-2H2. The van der Waals surface area contributed by atoms with Crippen molar-refractivity contribution in [2.45, 2.75) is 0 Å². The molecule has 0 fully saturated rings.